The van der Waals surface area contributed by atoms with Gasteiger partial charge in [0.2, 0.25) is 5.95 Å². The zero-order chi connectivity index (χ0) is 11.0. The van der Waals surface area contributed by atoms with Gasteiger partial charge in [-0.15, -0.1) is 0 Å². The molecule has 0 aliphatic rings. The van der Waals surface area contributed by atoms with Crippen LogP contribution in [0.2, 0.25) is 4.34 Å². The average molecular weight is 309 g/mol. The van der Waals surface area contributed by atoms with Crippen LogP contribution in [0.5, 0.6) is 0 Å². The lowest BCUT2D eigenvalue weighted by atomic mass is 10.4. The first kappa shape index (κ1) is 10.9. The van der Waals surface area contributed by atoms with Gasteiger partial charge in [-0.05, 0) is 22.9 Å². The number of halogens is 3. The molecule has 0 aromatic carbocycles. The number of nitrogens with zero attached hydrogens (tertiary/aromatic N) is 3. The SMILES string of the molecule is Cc1nc(-c2ncc(Cl)s2)nc(F)c1Br. The lowest BCUT2D eigenvalue weighted by Gasteiger charge is -2.00. The highest BCUT2D eigenvalue weighted by molar-refractivity contribution is 9.10. The van der Waals surface area contributed by atoms with Crippen LogP contribution in [0.1, 0.15) is 5.69 Å². The molecule has 2 aromatic heterocycles. The van der Waals surface area contributed by atoms with Crippen molar-refractivity contribution < 1.29 is 4.39 Å². The monoisotopic (exact) mass is 307 g/mol. The van der Waals surface area contributed by atoms with Gasteiger partial charge in [0.25, 0.3) is 0 Å². The molecule has 3 nitrogen and oxygen atoms in total. The fourth-order valence-corrected chi connectivity index (χ4v) is 2.00. The van der Waals surface area contributed by atoms with Crippen molar-refractivity contribution >= 4 is 38.9 Å². The standard InChI is InChI=1S/C8H4BrClFN3S/c1-3-5(9)6(11)14-7(13-3)8-12-2-4(10)15-8/h2H,1H3. The Morgan fingerprint density at radius 2 is 2.20 bits per heavy atom. The molecule has 0 radical (unpaired) electrons. The smallest absolute Gasteiger partial charge is 0.231 e. The van der Waals surface area contributed by atoms with Crippen LogP contribution in [0, 0.1) is 12.9 Å². The van der Waals surface area contributed by atoms with Gasteiger partial charge in [-0.1, -0.05) is 22.9 Å². The minimum absolute atomic E-state index is 0.255. The van der Waals surface area contributed by atoms with E-state index in [1.807, 2.05) is 0 Å². The number of aromatic nitrogens is 3. The van der Waals surface area contributed by atoms with Crippen LogP contribution in [0.25, 0.3) is 10.8 Å². The zero-order valence-corrected chi connectivity index (χ0v) is 10.6. The third-order valence-corrected chi connectivity index (χ3v) is 3.66. The van der Waals surface area contributed by atoms with Gasteiger partial charge in [0.1, 0.15) is 4.34 Å². The molecule has 0 saturated heterocycles. The number of aryl methyl sites for hydroxylation is 1. The van der Waals surface area contributed by atoms with Crippen molar-refractivity contribution in [2.24, 2.45) is 0 Å². The Labute approximate surface area is 102 Å². The van der Waals surface area contributed by atoms with E-state index < -0.39 is 5.95 Å². The average Bonchev–Trinajstić information content (AvgIpc) is 2.60. The van der Waals surface area contributed by atoms with E-state index in [0.717, 1.165) is 0 Å². The summed E-state index contributed by atoms with van der Waals surface area (Å²) in [5.74, 6) is -0.339. The van der Waals surface area contributed by atoms with Crippen LogP contribution in [0.4, 0.5) is 4.39 Å². The van der Waals surface area contributed by atoms with E-state index in [1.165, 1.54) is 17.5 Å². The largest absolute Gasteiger partial charge is 0.240 e. The predicted molar refractivity (Wildman–Crippen MR) is 60.5 cm³/mol. The molecular formula is C8H4BrClFN3S. The highest BCUT2D eigenvalue weighted by Gasteiger charge is 2.12. The van der Waals surface area contributed by atoms with Crippen molar-refractivity contribution in [1.82, 2.24) is 15.0 Å². The second kappa shape index (κ2) is 4.11. The van der Waals surface area contributed by atoms with Crippen molar-refractivity contribution in [3.8, 4) is 10.8 Å². The quantitative estimate of drug-likeness (QED) is 0.757. The lowest BCUT2D eigenvalue weighted by molar-refractivity contribution is 0.571. The molecular weight excluding hydrogens is 305 g/mol. The topological polar surface area (TPSA) is 38.7 Å². The normalized spacial score (nSPS) is 10.7. The summed E-state index contributed by atoms with van der Waals surface area (Å²) in [4.78, 5) is 11.8. The summed E-state index contributed by atoms with van der Waals surface area (Å²) in [5, 5.41) is 0.509. The Bertz CT molecular complexity index is 493. The third-order valence-electron chi connectivity index (χ3n) is 1.65. The van der Waals surface area contributed by atoms with E-state index >= 15 is 0 Å². The van der Waals surface area contributed by atoms with E-state index in [9.17, 15) is 4.39 Å². The summed E-state index contributed by atoms with van der Waals surface area (Å²) < 4.78 is 14.1. The fourth-order valence-electron chi connectivity index (χ4n) is 0.978. The number of rotatable bonds is 1. The Balaban J connectivity index is 2.55. The molecule has 0 amide bonds. The first-order chi connectivity index (χ1) is 7.08. The Kier molecular flexibility index (Phi) is 2.99. The predicted octanol–water partition coefficient (Wildman–Crippen LogP) is 3.46. The first-order valence-corrected chi connectivity index (χ1v) is 5.88. The maximum absolute atomic E-state index is 13.3. The van der Waals surface area contributed by atoms with Crippen LogP contribution in [0.15, 0.2) is 10.7 Å². The molecule has 0 N–H and O–H groups in total. The molecule has 0 aliphatic carbocycles. The maximum Gasteiger partial charge on any atom is 0.231 e. The summed E-state index contributed by atoms with van der Waals surface area (Å²) >= 11 is 9.98. The number of thiazole rings is 1. The van der Waals surface area contributed by atoms with Gasteiger partial charge in [0.05, 0.1) is 16.4 Å². The van der Waals surface area contributed by atoms with Gasteiger partial charge >= 0.3 is 0 Å². The molecule has 0 fully saturated rings. The molecule has 78 valence electrons. The molecule has 2 aromatic rings. The molecule has 2 heterocycles. The molecule has 0 bridgehead atoms. The molecule has 0 unspecified atom stereocenters. The van der Waals surface area contributed by atoms with Gasteiger partial charge in [0, 0.05) is 0 Å². The van der Waals surface area contributed by atoms with E-state index in [4.69, 9.17) is 11.6 Å². The van der Waals surface area contributed by atoms with Crippen molar-refractivity contribution in [3.63, 3.8) is 0 Å². The Morgan fingerprint density at radius 1 is 1.47 bits per heavy atom. The zero-order valence-electron chi connectivity index (χ0n) is 7.46. The first-order valence-electron chi connectivity index (χ1n) is 3.89. The third kappa shape index (κ3) is 2.16. The number of hydrogen-bond acceptors (Lipinski definition) is 4. The molecule has 0 aliphatic heterocycles. The highest BCUT2D eigenvalue weighted by Crippen LogP contribution is 2.27. The summed E-state index contributed by atoms with van der Waals surface area (Å²) in [6.07, 6.45) is 1.49. The van der Waals surface area contributed by atoms with Crippen molar-refractivity contribution in [3.05, 3.63) is 26.6 Å². The van der Waals surface area contributed by atoms with Gasteiger partial charge in [-0.25, -0.2) is 9.97 Å². The van der Waals surface area contributed by atoms with Crippen LogP contribution < -0.4 is 0 Å². The van der Waals surface area contributed by atoms with Gasteiger partial charge in [0.15, 0.2) is 10.8 Å². The minimum atomic E-state index is -0.594. The summed E-state index contributed by atoms with van der Waals surface area (Å²) in [7, 11) is 0. The van der Waals surface area contributed by atoms with Gasteiger partial charge in [-0.3, -0.25) is 0 Å². The van der Waals surface area contributed by atoms with E-state index in [2.05, 4.69) is 30.9 Å². The molecule has 0 atom stereocenters. The van der Waals surface area contributed by atoms with Crippen LogP contribution >= 0.6 is 38.9 Å². The van der Waals surface area contributed by atoms with Gasteiger partial charge < -0.3 is 0 Å². The molecule has 0 saturated carbocycles. The van der Waals surface area contributed by atoms with Crippen LogP contribution in [-0.2, 0) is 0 Å². The van der Waals surface area contributed by atoms with E-state index in [1.54, 1.807) is 6.92 Å². The van der Waals surface area contributed by atoms with Crippen LogP contribution in [0.3, 0.4) is 0 Å². The van der Waals surface area contributed by atoms with E-state index in [-0.39, 0.29) is 10.3 Å². The Morgan fingerprint density at radius 3 is 2.73 bits per heavy atom. The van der Waals surface area contributed by atoms with Crippen molar-refractivity contribution in [2.75, 3.05) is 0 Å². The van der Waals surface area contributed by atoms with Crippen molar-refractivity contribution in [2.45, 2.75) is 6.92 Å². The molecule has 0 spiro atoms. The second-order valence-corrected chi connectivity index (χ2v) is 5.16. The molecule has 7 heteroatoms. The fraction of sp³-hybridized carbons (Fsp3) is 0.125. The molecule has 15 heavy (non-hydrogen) atoms. The minimum Gasteiger partial charge on any atom is -0.240 e. The Hall–Kier alpha value is -0.590. The molecule has 2 rings (SSSR count). The summed E-state index contributed by atoms with van der Waals surface area (Å²) in [6.45, 7) is 1.69. The summed E-state index contributed by atoms with van der Waals surface area (Å²) in [5.41, 5.74) is 0.531. The lowest BCUT2D eigenvalue weighted by Crippen LogP contribution is -1.97. The number of hydrogen-bond donors (Lipinski definition) is 0. The second-order valence-electron chi connectivity index (χ2n) is 2.71. The summed E-state index contributed by atoms with van der Waals surface area (Å²) in [6, 6.07) is 0. The van der Waals surface area contributed by atoms with E-state index in [0.29, 0.717) is 15.0 Å². The van der Waals surface area contributed by atoms with Crippen molar-refractivity contribution in [1.29, 1.82) is 0 Å². The maximum atomic E-state index is 13.3. The van der Waals surface area contributed by atoms with Gasteiger partial charge in [-0.2, -0.15) is 9.37 Å². The highest BCUT2D eigenvalue weighted by atomic mass is 79.9. The van der Waals surface area contributed by atoms with Crippen LogP contribution in [-0.4, -0.2) is 15.0 Å².